The van der Waals surface area contributed by atoms with Crippen molar-refractivity contribution in [3.63, 3.8) is 0 Å². The van der Waals surface area contributed by atoms with Gasteiger partial charge in [-0.3, -0.25) is 14.4 Å². The summed E-state index contributed by atoms with van der Waals surface area (Å²) in [4.78, 5) is 39.2. The van der Waals surface area contributed by atoms with Crippen molar-refractivity contribution >= 4 is 46.9 Å². The molecule has 42 heavy (non-hydrogen) atoms. The SMILES string of the molecule is CC(Sc1ccc(NC(=O)/C(=C/c2ccccc2)NC(=O)c2ccccc2)cc1)C(=O)Nc1ccccc1C(F)(F)F. The Bertz CT molecular complexity index is 1580. The fraction of sp³-hybridized carbons (Fsp3) is 0.0938. The quantitative estimate of drug-likeness (QED) is 0.142. The van der Waals surface area contributed by atoms with Gasteiger partial charge in [0.25, 0.3) is 11.8 Å². The largest absolute Gasteiger partial charge is 0.418 e. The van der Waals surface area contributed by atoms with E-state index in [-0.39, 0.29) is 11.4 Å². The molecule has 0 aromatic heterocycles. The van der Waals surface area contributed by atoms with Gasteiger partial charge in [-0.1, -0.05) is 60.7 Å². The molecule has 214 valence electrons. The van der Waals surface area contributed by atoms with Crippen LogP contribution < -0.4 is 16.0 Å². The van der Waals surface area contributed by atoms with Crippen LogP contribution >= 0.6 is 11.8 Å². The van der Waals surface area contributed by atoms with Crippen molar-refractivity contribution in [2.45, 2.75) is 23.2 Å². The van der Waals surface area contributed by atoms with Gasteiger partial charge in [-0.15, -0.1) is 11.8 Å². The molecule has 4 rings (SSSR count). The number of carbonyl (C=O) groups is 3. The van der Waals surface area contributed by atoms with Crippen LogP contribution in [0, 0.1) is 0 Å². The first kappa shape index (κ1) is 30.1. The van der Waals surface area contributed by atoms with Crippen molar-refractivity contribution in [3.8, 4) is 0 Å². The number of amides is 3. The summed E-state index contributed by atoms with van der Waals surface area (Å²) in [6, 6.07) is 29.0. The highest BCUT2D eigenvalue weighted by molar-refractivity contribution is 8.00. The van der Waals surface area contributed by atoms with Crippen LogP contribution in [-0.2, 0) is 15.8 Å². The molecule has 0 bridgehead atoms. The molecule has 0 saturated carbocycles. The topological polar surface area (TPSA) is 87.3 Å². The van der Waals surface area contributed by atoms with Crippen molar-refractivity contribution in [1.29, 1.82) is 0 Å². The normalized spacial score (nSPS) is 12.2. The Hall–Kier alpha value is -4.83. The minimum atomic E-state index is -4.60. The smallest absolute Gasteiger partial charge is 0.325 e. The van der Waals surface area contributed by atoms with E-state index in [0.717, 1.165) is 17.8 Å². The first-order valence-electron chi connectivity index (χ1n) is 12.8. The van der Waals surface area contributed by atoms with Crippen molar-refractivity contribution in [2.75, 3.05) is 10.6 Å². The molecule has 3 N–H and O–H groups in total. The maximum Gasteiger partial charge on any atom is 0.418 e. The lowest BCUT2D eigenvalue weighted by molar-refractivity contribution is -0.137. The highest BCUT2D eigenvalue weighted by Gasteiger charge is 2.34. The van der Waals surface area contributed by atoms with Crippen molar-refractivity contribution in [2.24, 2.45) is 0 Å². The van der Waals surface area contributed by atoms with E-state index in [4.69, 9.17) is 0 Å². The van der Waals surface area contributed by atoms with Crippen LogP contribution in [0.3, 0.4) is 0 Å². The molecule has 0 radical (unpaired) electrons. The maximum atomic E-state index is 13.3. The van der Waals surface area contributed by atoms with Gasteiger partial charge >= 0.3 is 6.18 Å². The van der Waals surface area contributed by atoms with Gasteiger partial charge < -0.3 is 16.0 Å². The van der Waals surface area contributed by atoms with Crippen molar-refractivity contribution in [3.05, 3.63) is 132 Å². The molecular weight excluding hydrogens is 563 g/mol. The third kappa shape index (κ3) is 8.34. The first-order valence-corrected chi connectivity index (χ1v) is 13.7. The third-order valence-electron chi connectivity index (χ3n) is 5.92. The van der Waals surface area contributed by atoms with E-state index in [9.17, 15) is 27.6 Å². The number of rotatable bonds is 9. The van der Waals surface area contributed by atoms with Gasteiger partial charge in [-0.05, 0) is 67.1 Å². The summed E-state index contributed by atoms with van der Waals surface area (Å²) in [7, 11) is 0. The molecule has 0 aliphatic heterocycles. The third-order valence-corrected chi connectivity index (χ3v) is 7.04. The molecule has 0 aliphatic carbocycles. The second kappa shape index (κ2) is 13.7. The summed E-state index contributed by atoms with van der Waals surface area (Å²) in [5.74, 6) is -1.57. The molecule has 0 fully saturated rings. The Morgan fingerprint density at radius 3 is 2.00 bits per heavy atom. The lowest BCUT2D eigenvalue weighted by Gasteiger charge is -2.16. The lowest BCUT2D eigenvalue weighted by atomic mass is 10.1. The molecule has 4 aromatic rings. The fourth-order valence-corrected chi connectivity index (χ4v) is 4.67. The Labute approximate surface area is 245 Å². The Morgan fingerprint density at radius 1 is 0.762 bits per heavy atom. The van der Waals surface area contributed by atoms with Crippen LogP contribution in [0.1, 0.15) is 28.4 Å². The zero-order valence-corrected chi connectivity index (χ0v) is 23.1. The van der Waals surface area contributed by atoms with E-state index < -0.39 is 34.7 Å². The molecule has 0 spiro atoms. The zero-order chi connectivity index (χ0) is 30.1. The molecule has 0 saturated heterocycles. The van der Waals surface area contributed by atoms with Crippen LogP contribution in [-0.4, -0.2) is 23.0 Å². The van der Waals surface area contributed by atoms with Crippen LogP contribution in [0.5, 0.6) is 0 Å². The van der Waals surface area contributed by atoms with Crippen molar-refractivity contribution in [1.82, 2.24) is 5.32 Å². The number of halogens is 3. The van der Waals surface area contributed by atoms with Gasteiger partial charge in [0, 0.05) is 16.1 Å². The van der Waals surface area contributed by atoms with E-state index >= 15 is 0 Å². The number of carbonyl (C=O) groups excluding carboxylic acids is 3. The van der Waals surface area contributed by atoms with Gasteiger partial charge in [-0.25, -0.2) is 0 Å². The van der Waals surface area contributed by atoms with E-state index in [1.807, 2.05) is 18.2 Å². The summed E-state index contributed by atoms with van der Waals surface area (Å²) in [6.07, 6.45) is -3.03. The predicted octanol–water partition coefficient (Wildman–Crippen LogP) is 7.23. The summed E-state index contributed by atoms with van der Waals surface area (Å²) in [6.45, 7) is 1.59. The predicted molar refractivity (Wildman–Crippen MR) is 159 cm³/mol. The number of anilines is 2. The standard InChI is InChI=1S/C32H26F3N3O3S/c1-21(29(39)37-27-15-9-8-14-26(27)32(33,34)35)42-25-18-16-24(17-19-25)36-31(41)28(20-22-10-4-2-5-11-22)38-30(40)23-12-6-3-7-13-23/h2-21H,1H3,(H,36,41)(H,37,39)(H,38,40)/b28-20-. The second-order valence-electron chi connectivity index (χ2n) is 9.06. The highest BCUT2D eigenvalue weighted by Crippen LogP contribution is 2.35. The molecule has 6 nitrogen and oxygen atoms in total. The summed E-state index contributed by atoms with van der Waals surface area (Å²) >= 11 is 1.15. The van der Waals surface area contributed by atoms with Crippen LogP contribution in [0.25, 0.3) is 6.08 Å². The van der Waals surface area contributed by atoms with Gasteiger partial charge in [0.2, 0.25) is 5.91 Å². The van der Waals surface area contributed by atoms with E-state index in [2.05, 4.69) is 16.0 Å². The molecule has 0 aliphatic rings. The summed E-state index contributed by atoms with van der Waals surface area (Å²) < 4.78 is 39.8. The second-order valence-corrected chi connectivity index (χ2v) is 10.5. The molecule has 4 aromatic carbocycles. The van der Waals surface area contributed by atoms with Gasteiger partial charge in [0.15, 0.2) is 0 Å². The average molecular weight is 590 g/mol. The number of hydrogen-bond acceptors (Lipinski definition) is 4. The number of nitrogens with one attached hydrogen (secondary N) is 3. The van der Waals surface area contributed by atoms with Crippen LogP contribution in [0.4, 0.5) is 24.5 Å². The van der Waals surface area contributed by atoms with E-state index in [0.29, 0.717) is 21.7 Å². The van der Waals surface area contributed by atoms with E-state index in [1.54, 1.807) is 79.7 Å². The molecular formula is C32H26F3N3O3S. The molecule has 1 unspecified atom stereocenters. The fourth-order valence-electron chi connectivity index (χ4n) is 3.80. The monoisotopic (exact) mass is 589 g/mol. The number of alkyl halides is 3. The van der Waals surface area contributed by atoms with Gasteiger partial charge in [0.1, 0.15) is 5.70 Å². The highest BCUT2D eigenvalue weighted by atomic mass is 32.2. The molecule has 10 heteroatoms. The number of benzene rings is 4. The number of thioether (sulfide) groups is 1. The summed E-state index contributed by atoms with van der Waals surface area (Å²) in [5.41, 5.74) is 0.362. The number of hydrogen-bond donors (Lipinski definition) is 3. The average Bonchev–Trinajstić information content (AvgIpc) is 2.98. The summed E-state index contributed by atoms with van der Waals surface area (Å²) in [5, 5.41) is 7.08. The van der Waals surface area contributed by atoms with Crippen LogP contribution in [0.2, 0.25) is 0 Å². The maximum absolute atomic E-state index is 13.3. The van der Waals surface area contributed by atoms with Crippen molar-refractivity contribution < 1.29 is 27.6 Å². The van der Waals surface area contributed by atoms with Crippen LogP contribution in [0.15, 0.2) is 120 Å². The Balaban J connectivity index is 1.42. The first-order chi connectivity index (χ1) is 20.1. The van der Waals surface area contributed by atoms with E-state index in [1.165, 1.54) is 18.2 Å². The molecule has 3 amide bonds. The zero-order valence-electron chi connectivity index (χ0n) is 22.3. The molecule has 1 atom stereocenters. The van der Waals surface area contributed by atoms with Gasteiger partial charge in [-0.2, -0.15) is 13.2 Å². The Morgan fingerprint density at radius 2 is 1.36 bits per heavy atom. The minimum absolute atomic E-state index is 0.0398. The van der Waals surface area contributed by atoms with Gasteiger partial charge in [0.05, 0.1) is 16.5 Å². The minimum Gasteiger partial charge on any atom is -0.325 e. The lowest BCUT2D eigenvalue weighted by Crippen LogP contribution is -2.30. The number of para-hydroxylation sites is 1. The molecule has 0 heterocycles. The Kier molecular flexibility index (Phi) is 9.82.